The Morgan fingerprint density at radius 2 is 1.00 bits per heavy atom. The van der Waals surface area contributed by atoms with Gasteiger partial charge < -0.3 is 45.1 Å². The van der Waals surface area contributed by atoms with Crippen molar-refractivity contribution in [1.29, 1.82) is 0 Å². The molecule has 0 aromatic carbocycles. The quantitative estimate of drug-likeness (QED) is 0.0149. The molecule has 72 heavy (non-hydrogen) atoms. The van der Waals surface area contributed by atoms with Crippen molar-refractivity contribution in [3.05, 3.63) is 60.8 Å². The highest BCUT2D eigenvalue weighted by molar-refractivity contribution is 5.80. The molecule has 1 rings (SSSR count). The molecule has 1 fully saturated rings. The molecular weight excluding hydrogens is 907 g/mol. The van der Waals surface area contributed by atoms with E-state index in [0.717, 1.165) is 57.8 Å². The van der Waals surface area contributed by atoms with Crippen molar-refractivity contribution in [2.45, 2.75) is 301 Å². The van der Waals surface area contributed by atoms with E-state index >= 15 is 0 Å². The largest absolute Gasteiger partial charge is 0.454 e. The van der Waals surface area contributed by atoms with E-state index in [2.05, 4.69) is 32.2 Å². The van der Waals surface area contributed by atoms with Gasteiger partial charge in [-0.15, -0.1) is 0 Å². The maximum Gasteiger partial charge on any atom is 0.306 e. The number of hydrogen-bond donors (Lipinski definition) is 6. The Balaban J connectivity index is 2.69. The number of aliphatic hydroxyl groups is 5. The van der Waals surface area contributed by atoms with Crippen LogP contribution >= 0.6 is 0 Å². The van der Waals surface area contributed by atoms with Crippen molar-refractivity contribution in [1.82, 2.24) is 5.32 Å². The molecule has 1 heterocycles. The van der Waals surface area contributed by atoms with E-state index in [9.17, 15) is 35.1 Å². The second kappa shape index (κ2) is 49.2. The molecular formula is C61H109NO10. The second-order valence-electron chi connectivity index (χ2n) is 20.4. The van der Waals surface area contributed by atoms with Crippen LogP contribution in [0.25, 0.3) is 0 Å². The van der Waals surface area contributed by atoms with E-state index in [0.29, 0.717) is 12.8 Å². The molecule has 0 bridgehead atoms. The Morgan fingerprint density at radius 1 is 0.556 bits per heavy atom. The number of esters is 1. The summed E-state index contributed by atoms with van der Waals surface area (Å²) < 4.78 is 17.6. The minimum absolute atomic E-state index is 0.121. The topological polar surface area (TPSA) is 175 Å². The number of nitrogens with one attached hydrogen (secondary N) is 1. The van der Waals surface area contributed by atoms with Crippen LogP contribution in [0.2, 0.25) is 0 Å². The Labute approximate surface area is 439 Å². The molecule has 0 spiro atoms. The monoisotopic (exact) mass is 1020 g/mol. The third-order valence-electron chi connectivity index (χ3n) is 13.8. The van der Waals surface area contributed by atoms with E-state index in [-0.39, 0.29) is 19.4 Å². The fourth-order valence-corrected chi connectivity index (χ4v) is 9.07. The Morgan fingerprint density at radius 3 is 1.50 bits per heavy atom. The lowest BCUT2D eigenvalue weighted by Crippen LogP contribution is -2.61. The Kier molecular flexibility index (Phi) is 46.1. The molecule has 0 aliphatic carbocycles. The minimum Gasteiger partial charge on any atom is -0.454 e. The molecule has 1 saturated heterocycles. The molecule has 11 nitrogen and oxygen atoms in total. The van der Waals surface area contributed by atoms with Crippen molar-refractivity contribution in [2.75, 3.05) is 13.2 Å². The van der Waals surface area contributed by atoms with E-state index in [1.165, 1.54) is 148 Å². The van der Waals surface area contributed by atoms with Gasteiger partial charge in [0, 0.05) is 6.42 Å². The smallest absolute Gasteiger partial charge is 0.306 e. The minimum atomic E-state index is -1.62. The first kappa shape index (κ1) is 67.4. The van der Waals surface area contributed by atoms with Crippen LogP contribution in [0.1, 0.15) is 252 Å². The average molecular weight is 1020 g/mol. The summed E-state index contributed by atoms with van der Waals surface area (Å²) in [6.07, 6.45) is 49.9. The molecule has 0 radical (unpaired) electrons. The number of hydrogen-bond acceptors (Lipinski definition) is 10. The predicted octanol–water partition coefficient (Wildman–Crippen LogP) is 13.4. The normalized spacial score (nSPS) is 19.9. The van der Waals surface area contributed by atoms with Gasteiger partial charge in [0.1, 0.15) is 24.4 Å². The van der Waals surface area contributed by atoms with Crippen LogP contribution in [0.3, 0.4) is 0 Å². The van der Waals surface area contributed by atoms with Gasteiger partial charge in [0.15, 0.2) is 12.4 Å². The van der Waals surface area contributed by atoms with Crippen LogP contribution in [0.4, 0.5) is 0 Å². The third-order valence-corrected chi connectivity index (χ3v) is 13.8. The highest BCUT2D eigenvalue weighted by Crippen LogP contribution is 2.26. The molecule has 1 aliphatic rings. The van der Waals surface area contributed by atoms with Crippen LogP contribution in [-0.2, 0) is 23.8 Å². The number of carbonyl (C=O) groups excluding carboxylic acids is 2. The van der Waals surface area contributed by atoms with Gasteiger partial charge in [0.2, 0.25) is 5.91 Å². The van der Waals surface area contributed by atoms with Gasteiger partial charge in [-0.2, -0.15) is 0 Å². The molecule has 1 aliphatic heterocycles. The molecule has 1 amide bonds. The van der Waals surface area contributed by atoms with Crippen molar-refractivity contribution < 1.29 is 49.3 Å². The summed E-state index contributed by atoms with van der Waals surface area (Å²) in [4.78, 5) is 26.4. The van der Waals surface area contributed by atoms with E-state index in [1.54, 1.807) is 6.08 Å². The first-order chi connectivity index (χ1) is 35.2. The Hall–Kier alpha value is -2.64. The zero-order valence-corrected chi connectivity index (χ0v) is 46.0. The molecule has 0 aromatic heterocycles. The maximum absolute atomic E-state index is 13.3. The lowest BCUT2D eigenvalue weighted by molar-refractivity contribution is -0.305. The number of unbranched alkanes of at least 4 members (excludes halogenated alkanes) is 30. The van der Waals surface area contributed by atoms with Crippen LogP contribution in [0.5, 0.6) is 0 Å². The molecule has 8 unspecified atom stereocenters. The summed E-state index contributed by atoms with van der Waals surface area (Å²) in [6, 6.07) is -1.04. The van der Waals surface area contributed by atoms with E-state index < -0.39 is 67.4 Å². The predicted molar refractivity (Wildman–Crippen MR) is 296 cm³/mol. The number of allylic oxidation sites excluding steroid dienone is 9. The molecule has 11 heteroatoms. The van der Waals surface area contributed by atoms with Crippen LogP contribution in [-0.4, -0.2) is 99.6 Å². The molecule has 0 aromatic rings. The zero-order valence-electron chi connectivity index (χ0n) is 46.0. The zero-order chi connectivity index (χ0) is 52.5. The van der Waals surface area contributed by atoms with Crippen LogP contribution in [0, 0.1) is 0 Å². The van der Waals surface area contributed by atoms with Crippen molar-refractivity contribution in [2.24, 2.45) is 0 Å². The number of aliphatic hydroxyl groups excluding tert-OH is 5. The summed E-state index contributed by atoms with van der Waals surface area (Å²) in [6.45, 7) is 5.62. The molecule has 8 atom stereocenters. The highest BCUT2D eigenvalue weighted by Gasteiger charge is 2.47. The summed E-state index contributed by atoms with van der Waals surface area (Å²) in [5.41, 5.74) is 0. The third kappa shape index (κ3) is 37.1. The van der Waals surface area contributed by atoms with Crippen LogP contribution < -0.4 is 5.32 Å². The average Bonchev–Trinajstić information content (AvgIpc) is 3.38. The molecule has 418 valence electrons. The number of carbonyl (C=O) groups is 2. The lowest BCUT2D eigenvalue weighted by Gasteiger charge is -2.41. The Bertz CT molecular complexity index is 1400. The van der Waals surface area contributed by atoms with Crippen molar-refractivity contribution >= 4 is 11.9 Å². The number of ether oxygens (including phenoxy) is 3. The van der Waals surface area contributed by atoms with Crippen molar-refractivity contribution in [3.63, 3.8) is 0 Å². The molecule has 6 N–H and O–H groups in total. The summed E-state index contributed by atoms with van der Waals surface area (Å²) >= 11 is 0. The first-order valence-electron chi connectivity index (χ1n) is 29.6. The number of rotatable bonds is 49. The second-order valence-corrected chi connectivity index (χ2v) is 20.4. The standard InChI is InChI=1S/C61H109NO10/c1-4-7-10-13-16-19-22-25-26-27-28-29-30-31-34-37-40-43-46-49-56(66)72-59-58(68)57(67)55(50-63)71-61(59)70-51-52(53(64)47-44-41-38-35-32-23-20-17-14-11-8-5-2)62-60(69)54(65)48-45-42-39-36-33-24-21-18-15-12-9-6-3/h9,12,15,18,21,24,33,36,44,47,52-55,57-59,61,63-65,67-68H,4-8,10-11,13-14,16-17,19-20,22-23,25-32,34-35,37-43,45-46,48-51H2,1-3H3,(H,62,69)/b12-9+,18-15+,24-21-,36-33-,47-44+. The highest BCUT2D eigenvalue weighted by atomic mass is 16.7. The fraction of sp³-hybridized carbons (Fsp3) is 0.803. The van der Waals surface area contributed by atoms with Crippen LogP contribution in [0.15, 0.2) is 60.8 Å². The van der Waals surface area contributed by atoms with Gasteiger partial charge in [-0.3, -0.25) is 9.59 Å². The van der Waals surface area contributed by atoms with E-state index in [4.69, 9.17) is 14.2 Å². The number of amides is 1. The summed E-state index contributed by atoms with van der Waals surface area (Å²) in [5.74, 6) is -1.23. The van der Waals surface area contributed by atoms with E-state index in [1.807, 2.05) is 48.6 Å². The van der Waals surface area contributed by atoms with Gasteiger partial charge >= 0.3 is 5.97 Å². The van der Waals surface area contributed by atoms with Gasteiger partial charge in [-0.1, -0.05) is 261 Å². The van der Waals surface area contributed by atoms with Gasteiger partial charge in [0.05, 0.1) is 25.4 Å². The van der Waals surface area contributed by atoms with Gasteiger partial charge in [0.25, 0.3) is 0 Å². The van der Waals surface area contributed by atoms with Crippen molar-refractivity contribution in [3.8, 4) is 0 Å². The SMILES string of the molecule is CC/C=C/C=C/C=C\C=C/CCCCC(O)C(=O)NC(COC1OC(CO)C(O)C(O)C1OC(=O)CCCCCCCCCCCCCCCCCCCCC)C(O)/C=C/CCCCCCCCCCCC. The summed E-state index contributed by atoms with van der Waals surface area (Å²) in [5, 5.41) is 56.8. The van der Waals surface area contributed by atoms with Gasteiger partial charge in [-0.25, -0.2) is 0 Å². The summed E-state index contributed by atoms with van der Waals surface area (Å²) in [7, 11) is 0. The lowest BCUT2D eigenvalue weighted by atomic mass is 9.99. The molecule has 0 saturated carbocycles. The maximum atomic E-state index is 13.3. The van der Waals surface area contributed by atoms with Gasteiger partial charge in [-0.05, 0) is 44.9 Å². The fourth-order valence-electron chi connectivity index (χ4n) is 9.07. The first-order valence-corrected chi connectivity index (χ1v) is 29.6.